The van der Waals surface area contributed by atoms with Crippen molar-refractivity contribution in [1.82, 2.24) is 0 Å². The van der Waals surface area contributed by atoms with Gasteiger partial charge in [-0.05, 0) is 6.42 Å². The van der Waals surface area contributed by atoms with Crippen LogP contribution in [0.5, 0.6) is 0 Å². The van der Waals surface area contributed by atoms with Crippen LogP contribution in [0.3, 0.4) is 0 Å². The molecule has 0 unspecified atom stereocenters. The van der Waals surface area contributed by atoms with E-state index < -0.39 is 0 Å². The molecule has 0 spiro atoms. The number of hydrogen-bond acceptors (Lipinski definition) is 3. The first-order valence-electron chi connectivity index (χ1n) is 2.99. The van der Waals surface area contributed by atoms with Crippen molar-refractivity contribution in [3.8, 4) is 0 Å². The molecule has 58 valence electrons. The normalized spacial score (nSPS) is 12.7. The maximum Gasteiger partial charge on any atom is 0.160 e. The van der Waals surface area contributed by atoms with Crippen LogP contribution in [-0.4, -0.2) is 17.3 Å². The van der Waals surface area contributed by atoms with E-state index >= 15 is 0 Å². The fourth-order valence-corrected chi connectivity index (χ4v) is 0.869. The van der Waals surface area contributed by atoms with Crippen molar-refractivity contribution in [2.45, 2.75) is 13.3 Å². The highest BCUT2D eigenvalue weighted by molar-refractivity contribution is 8.13. The maximum atomic E-state index is 5.41. The molecule has 0 aliphatic heterocycles. The summed E-state index contributed by atoms with van der Waals surface area (Å²) in [6, 6.07) is 0. The Bertz CT molecular complexity index is 132. The average Bonchev–Trinajstić information content (AvgIpc) is 1.97. The maximum absolute atomic E-state index is 5.41. The molecule has 0 saturated heterocycles. The summed E-state index contributed by atoms with van der Waals surface area (Å²) in [7, 11) is 0. The zero-order valence-electron chi connectivity index (χ0n) is 5.95. The summed E-state index contributed by atoms with van der Waals surface area (Å²) in [5.74, 6) is 5.78. The van der Waals surface area contributed by atoms with E-state index in [4.69, 9.17) is 11.6 Å². The largest absolute Gasteiger partial charge is 0.378 e. The third-order valence-corrected chi connectivity index (χ3v) is 1.72. The molecule has 5 heteroatoms. The zero-order chi connectivity index (χ0) is 7.82. The third kappa shape index (κ3) is 5.43. The second-order valence-corrected chi connectivity index (χ2v) is 2.70. The van der Waals surface area contributed by atoms with Crippen LogP contribution in [0.1, 0.15) is 13.3 Å². The number of rotatable bonds is 3. The summed E-state index contributed by atoms with van der Waals surface area (Å²) < 4.78 is 0. The molecule has 4 nitrogen and oxygen atoms in total. The summed E-state index contributed by atoms with van der Waals surface area (Å²) in [5.41, 5.74) is 5.41. The minimum Gasteiger partial charge on any atom is -0.378 e. The number of nitrogens with two attached hydrogens (primary N) is 2. The van der Waals surface area contributed by atoms with Crippen LogP contribution in [0.4, 0.5) is 0 Å². The molecule has 0 fully saturated rings. The van der Waals surface area contributed by atoms with E-state index in [1.165, 1.54) is 18.1 Å². The predicted octanol–water partition coefficient (Wildman–Crippen LogP) is 0.346. The van der Waals surface area contributed by atoms with Crippen molar-refractivity contribution in [2.24, 2.45) is 21.7 Å². The number of nitrogens with zero attached hydrogens (tertiary/aromatic N) is 2. The van der Waals surface area contributed by atoms with Gasteiger partial charge in [-0.2, -0.15) is 5.10 Å². The van der Waals surface area contributed by atoms with Gasteiger partial charge in [0, 0.05) is 5.75 Å². The lowest BCUT2D eigenvalue weighted by atomic mass is 10.6. The molecule has 0 rings (SSSR count). The van der Waals surface area contributed by atoms with Crippen LogP contribution in [0.25, 0.3) is 0 Å². The Balaban J connectivity index is 3.49. The number of hydrogen-bond donors (Lipinski definition) is 2. The molecule has 0 aromatic rings. The zero-order valence-corrected chi connectivity index (χ0v) is 6.77. The Hall–Kier alpha value is -0.710. The lowest BCUT2D eigenvalue weighted by Crippen LogP contribution is -2.07. The van der Waals surface area contributed by atoms with Crippen LogP contribution in [0.2, 0.25) is 0 Å². The first kappa shape index (κ1) is 9.29. The monoisotopic (exact) mass is 160 g/mol. The van der Waals surface area contributed by atoms with E-state index in [0.29, 0.717) is 5.17 Å². The van der Waals surface area contributed by atoms with Gasteiger partial charge < -0.3 is 11.6 Å². The van der Waals surface area contributed by atoms with Crippen molar-refractivity contribution in [3.05, 3.63) is 0 Å². The lowest BCUT2D eigenvalue weighted by Gasteiger charge is -1.93. The summed E-state index contributed by atoms with van der Waals surface area (Å²) >= 11 is 1.50. The van der Waals surface area contributed by atoms with Gasteiger partial charge in [0.1, 0.15) is 6.34 Å². The van der Waals surface area contributed by atoms with Gasteiger partial charge in [-0.15, -0.1) is 0 Å². The van der Waals surface area contributed by atoms with E-state index in [2.05, 4.69) is 17.0 Å². The summed E-state index contributed by atoms with van der Waals surface area (Å²) in [6.07, 6.45) is 2.32. The number of thioether (sulfide) groups is 1. The minimum atomic E-state index is 0.510. The second-order valence-electron chi connectivity index (χ2n) is 1.58. The van der Waals surface area contributed by atoms with E-state index in [0.717, 1.165) is 12.2 Å². The first-order chi connectivity index (χ1) is 4.81. The highest BCUT2D eigenvalue weighted by Gasteiger charge is 1.88. The van der Waals surface area contributed by atoms with Crippen molar-refractivity contribution in [1.29, 1.82) is 0 Å². The van der Waals surface area contributed by atoms with Crippen LogP contribution < -0.4 is 11.6 Å². The molecule has 0 amide bonds. The van der Waals surface area contributed by atoms with Gasteiger partial charge in [0.15, 0.2) is 5.17 Å². The average molecular weight is 160 g/mol. The molecule has 0 bridgehead atoms. The molecule has 10 heavy (non-hydrogen) atoms. The van der Waals surface area contributed by atoms with Gasteiger partial charge in [-0.1, -0.05) is 18.7 Å². The number of aliphatic imine (C=N–C) groups is 1. The molecule has 4 N–H and O–H groups in total. The third-order valence-electron chi connectivity index (χ3n) is 0.706. The Morgan fingerprint density at radius 2 is 2.40 bits per heavy atom. The fraction of sp³-hybridized carbons (Fsp3) is 0.600. The summed E-state index contributed by atoms with van der Waals surface area (Å²) in [6.45, 7) is 2.08. The molecule has 0 aromatic heterocycles. The van der Waals surface area contributed by atoms with Crippen molar-refractivity contribution in [2.75, 3.05) is 5.75 Å². The quantitative estimate of drug-likeness (QED) is 0.270. The molecule has 0 aromatic carbocycles. The highest BCUT2D eigenvalue weighted by atomic mass is 32.2. The van der Waals surface area contributed by atoms with Crippen molar-refractivity contribution in [3.63, 3.8) is 0 Å². The topological polar surface area (TPSA) is 76.8 Å². The predicted molar refractivity (Wildman–Crippen MR) is 47.1 cm³/mol. The van der Waals surface area contributed by atoms with Gasteiger partial charge in [-0.25, -0.2) is 4.99 Å². The first-order valence-corrected chi connectivity index (χ1v) is 3.97. The van der Waals surface area contributed by atoms with Crippen molar-refractivity contribution < 1.29 is 0 Å². The molecule has 0 saturated carbocycles. The highest BCUT2D eigenvalue weighted by Crippen LogP contribution is 2.00. The van der Waals surface area contributed by atoms with Crippen LogP contribution >= 0.6 is 11.8 Å². The van der Waals surface area contributed by atoms with Crippen LogP contribution in [0, 0.1) is 0 Å². The van der Waals surface area contributed by atoms with E-state index in [9.17, 15) is 0 Å². The van der Waals surface area contributed by atoms with Gasteiger partial charge in [0.2, 0.25) is 0 Å². The Morgan fingerprint density at radius 1 is 1.70 bits per heavy atom. The SMILES string of the molecule is CCCSC(N)=N/C=N\N. The van der Waals surface area contributed by atoms with Gasteiger partial charge >= 0.3 is 0 Å². The van der Waals surface area contributed by atoms with Gasteiger partial charge in [0.25, 0.3) is 0 Å². The Kier molecular flexibility index (Phi) is 5.96. The molecular weight excluding hydrogens is 148 g/mol. The van der Waals surface area contributed by atoms with Gasteiger partial charge in [-0.3, -0.25) is 0 Å². The second kappa shape index (κ2) is 6.41. The molecule has 0 atom stereocenters. The number of hydrazone groups is 1. The lowest BCUT2D eigenvalue weighted by molar-refractivity contribution is 1.11. The Labute approximate surface area is 64.8 Å². The summed E-state index contributed by atoms with van der Waals surface area (Å²) in [5, 5.41) is 3.69. The van der Waals surface area contributed by atoms with Crippen molar-refractivity contribution >= 4 is 23.3 Å². The molecular formula is C5H12N4S. The molecule has 0 aliphatic carbocycles. The van der Waals surface area contributed by atoms with E-state index in [1.54, 1.807) is 0 Å². The van der Waals surface area contributed by atoms with Crippen LogP contribution in [-0.2, 0) is 0 Å². The van der Waals surface area contributed by atoms with E-state index in [-0.39, 0.29) is 0 Å². The fourth-order valence-electron chi connectivity index (χ4n) is 0.334. The Morgan fingerprint density at radius 3 is 2.90 bits per heavy atom. The van der Waals surface area contributed by atoms with Crippen LogP contribution in [0.15, 0.2) is 10.1 Å². The smallest absolute Gasteiger partial charge is 0.160 e. The molecule has 0 radical (unpaired) electrons. The molecule has 0 heterocycles. The van der Waals surface area contributed by atoms with E-state index in [1.807, 2.05) is 0 Å². The van der Waals surface area contributed by atoms with Gasteiger partial charge in [0.05, 0.1) is 0 Å². The number of amidine groups is 1. The molecule has 0 aliphatic rings. The summed E-state index contributed by atoms with van der Waals surface area (Å²) in [4.78, 5) is 3.72. The standard InChI is InChI=1S/C5H12N4S/c1-2-3-10-5(6)8-4-9-7/h4H,2-3,7H2,1H3,(H2,6,8,9). The minimum absolute atomic E-state index is 0.510.